The lowest BCUT2D eigenvalue weighted by Crippen LogP contribution is -2.59. The number of aromatic nitrogens is 2. The molecule has 2 aromatic rings. The third-order valence-corrected chi connectivity index (χ3v) is 5.71. The molecule has 7 nitrogen and oxygen atoms in total. The van der Waals surface area contributed by atoms with E-state index in [1.807, 2.05) is 0 Å². The van der Waals surface area contributed by atoms with Crippen LogP contribution in [0, 0.1) is 0 Å². The second-order valence-corrected chi connectivity index (χ2v) is 7.53. The number of carbonyl (C=O) groups excluding carboxylic acids is 2. The van der Waals surface area contributed by atoms with E-state index in [9.17, 15) is 9.59 Å². The Hall–Kier alpha value is -2.80. The number of benzene rings is 1. The fourth-order valence-corrected chi connectivity index (χ4v) is 4.21. The van der Waals surface area contributed by atoms with Crippen molar-refractivity contribution in [3.63, 3.8) is 0 Å². The molecule has 0 bridgehead atoms. The lowest BCUT2D eigenvalue weighted by Gasteiger charge is -2.39. The van der Waals surface area contributed by atoms with E-state index in [0.29, 0.717) is 13.1 Å². The topological polar surface area (TPSA) is 78.4 Å². The number of carbonyl (C=O) groups is 2. The molecule has 0 unspecified atom stereocenters. The first-order valence-corrected chi connectivity index (χ1v) is 9.71. The summed E-state index contributed by atoms with van der Waals surface area (Å²) >= 11 is 0. The predicted molar refractivity (Wildman–Crippen MR) is 104 cm³/mol. The Morgan fingerprint density at radius 2 is 2.00 bits per heavy atom. The van der Waals surface area contributed by atoms with Crippen molar-refractivity contribution in [1.29, 1.82) is 0 Å². The summed E-state index contributed by atoms with van der Waals surface area (Å²) in [5.74, 6) is -0.104. The smallest absolute Gasteiger partial charge is 0.237 e. The molecule has 28 heavy (non-hydrogen) atoms. The van der Waals surface area contributed by atoms with E-state index in [1.54, 1.807) is 24.2 Å². The summed E-state index contributed by atoms with van der Waals surface area (Å²) in [5.41, 5.74) is 3.48. The van der Waals surface area contributed by atoms with Crippen LogP contribution in [-0.4, -0.2) is 63.8 Å². The van der Waals surface area contributed by atoms with Gasteiger partial charge in [-0.1, -0.05) is 24.3 Å². The molecule has 1 fully saturated rings. The molecule has 7 heteroatoms. The van der Waals surface area contributed by atoms with Gasteiger partial charge in [0.05, 0.1) is 24.7 Å². The Kier molecular flexibility index (Phi) is 5.34. The number of amides is 2. The summed E-state index contributed by atoms with van der Waals surface area (Å²) in [7, 11) is 1.75. The molecule has 2 aliphatic rings. The molecular formula is C21H25N5O2. The van der Waals surface area contributed by atoms with Gasteiger partial charge in [-0.2, -0.15) is 0 Å². The van der Waals surface area contributed by atoms with Gasteiger partial charge in [0.2, 0.25) is 11.8 Å². The Labute approximate surface area is 164 Å². The highest BCUT2D eigenvalue weighted by Crippen LogP contribution is 2.28. The van der Waals surface area contributed by atoms with E-state index < -0.39 is 6.04 Å². The van der Waals surface area contributed by atoms with Crippen LogP contribution in [0.2, 0.25) is 0 Å². The summed E-state index contributed by atoms with van der Waals surface area (Å²) in [5, 5.41) is 2.93. The van der Waals surface area contributed by atoms with Crippen molar-refractivity contribution < 1.29 is 9.59 Å². The Morgan fingerprint density at radius 3 is 2.68 bits per heavy atom. The molecule has 0 spiro atoms. The van der Waals surface area contributed by atoms with Crippen molar-refractivity contribution in [2.45, 2.75) is 37.9 Å². The lowest BCUT2D eigenvalue weighted by atomic mass is 10.0. The number of hydrogen-bond donors (Lipinski definition) is 1. The average Bonchev–Trinajstić information content (AvgIpc) is 3.14. The van der Waals surface area contributed by atoms with Gasteiger partial charge in [-0.15, -0.1) is 0 Å². The van der Waals surface area contributed by atoms with Gasteiger partial charge >= 0.3 is 0 Å². The van der Waals surface area contributed by atoms with Crippen LogP contribution >= 0.6 is 0 Å². The number of piperazine rings is 1. The van der Waals surface area contributed by atoms with E-state index >= 15 is 0 Å². The third-order valence-electron chi connectivity index (χ3n) is 5.71. The molecule has 1 aromatic heterocycles. The number of nitrogens with one attached hydrogen (secondary N) is 1. The van der Waals surface area contributed by atoms with E-state index in [-0.39, 0.29) is 24.3 Å². The zero-order chi connectivity index (χ0) is 19.5. The molecule has 1 N–H and O–H groups in total. The molecule has 4 rings (SSSR count). The minimum atomic E-state index is -0.423. The number of hydrogen-bond acceptors (Lipinski definition) is 5. The predicted octanol–water partition coefficient (Wildman–Crippen LogP) is 0.793. The zero-order valence-electron chi connectivity index (χ0n) is 16.0. The monoisotopic (exact) mass is 379 g/mol. The van der Waals surface area contributed by atoms with Gasteiger partial charge in [0, 0.05) is 32.4 Å². The third kappa shape index (κ3) is 3.89. The van der Waals surface area contributed by atoms with E-state index in [0.717, 1.165) is 25.1 Å². The van der Waals surface area contributed by atoms with E-state index in [2.05, 4.69) is 44.5 Å². The summed E-state index contributed by atoms with van der Waals surface area (Å²) < 4.78 is 0. The maximum Gasteiger partial charge on any atom is 0.237 e. The quantitative estimate of drug-likeness (QED) is 0.831. The van der Waals surface area contributed by atoms with Gasteiger partial charge in [-0.05, 0) is 30.0 Å². The van der Waals surface area contributed by atoms with Crippen molar-refractivity contribution in [1.82, 2.24) is 25.1 Å². The summed E-state index contributed by atoms with van der Waals surface area (Å²) in [6.07, 6.45) is 5.19. The molecule has 0 saturated carbocycles. The molecule has 1 aromatic carbocycles. The van der Waals surface area contributed by atoms with E-state index in [4.69, 9.17) is 0 Å². The van der Waals surface area contributed by atoms with Crippen molar-refractivity contribution in [3.05, 3.63) is 59.7 Å². The average molecular weight is 379 g/mol. The molecule has 146 valence electrons. The number of fused-ring (bicyclic) bond motifs is 1. The maximum atomic E-state index is 12.8. The first-order chi connectivity index (χ1) is 13.6. The van der Waals surface area contributed by atoms with Gasteiger partial charge in [-0.3, -0.25) is 14.5 Å². The second-order valence-electron chi connectivity index (χ2n) is 7.53. The van der Waals surface area contributed by atoms with Gasteiger partial charge in [0.1, 0.15) is 6.33 Å². The van der Waals surface area contributed by atoms with Crippen molar-refractivity contribution in [3.8, 4) is 0 Å². The first-order valence-electron chi connectivity index (χ1n) is 9.71. The number of nitrogens with zero attached hydrogens (tertiary/aromatic N) is 4. The van der Waals surface area contributed by atoms with Crippen LogP contribution in [-0.2, 0) is 29.0 Å². The fourth-order valence-electron chi connectivity index (χ4n) is 4.21. The molecule has 2 heterocycles. The van der Waals surface area contributed by atoms with Gasteiger partial charge < -0.3 is 10.2 Å². The minimum Gasteiger partial charge on any atom is -0.353 e. The SMILES string of the molecule is CN(Cc1ccncn1)C(=O)C[C@H]1C(=O)NCCN1C1Cc2ccccc2C1. The van der Waals surface area contributed by atoms with Gasteiger partial charge in [0.15, 0.2) is 0 Å². The van der Waals surface area contributed by atoms with Crippen molar-refractivity contribution >= 4 is 11.8 Å². The van der Waals surface area contributed by atoms with Crippen LogP contribution < -0.4 is 5.32 Å². The van der Waals surface area contributed by atoms with Crippen LogP contribution in [0.25, 0.3) is 0 Å². The van der Waals surface area contributed by atoms with Crippen LogP contribution in [0.1, 0.15) is 23.2 Å². The lowest BCUT2D eigenvalue weighted by molar-refractivity contribution is -0.139. The Morgan fingerprint density at radius 1 is 1.25 bits per heavy atom. The van der Waals surface area contributed by atoms with Crippen LogP contribution in [0.15, 0.2) is 42.9 Å². The number of rotatable bonds is 5. The van der Waals surface area contributed by atoms with Gasteiger partial charge in [0.25, 0.3) is 0 Å². The summed E-state index contributed by atoms with van der Waals surface area (Å²) in [6, 6.07) is 10.1. The highest BCUT2D eigenvalue weighted by Gasteiger charge is 2.38. The molecule has 2 amide bonds. The molecule has 1 atom stereocenters. The standard InChI is InChI=1S/C21H25N5O2/c1-25(13-17-6-7-22-14-24-17)20(27)12-19-21(28)23-8-9-26(19)18-10-15-4-2-3-5-16(15)11-18/h2-7,14,18-19H,8-13H2,1H3,(H,23,28)/t19-/m0/s1. The molecular weight excluding hydrogens is 354 g/mol. The van der Waals surface area contributed by atoms with Crippen molar-refractivity contribution in [2.75, 3.05) is 20.1 Å². The second kappa shape index (κ2) is 8.06. The summed E-state index contributed by atoms with van der Waals surface area (Å²) in [6.45, 7) is 1.82. The Bertz CT molecular complexity index is 832. The zero-order valence-corrected chi connectivity index (χ0v) is 16.0. The molecule has 0 radical (unpaired) electrons. The highest BCUT2D eigenvalue weighted by atomic mass is 16.2. The van der Waals surface area contributed by atoms with Gasteiger partial charge in [-0.25, -0.2) is 9.97 Å². The summed E-state index contributed by atoms with van der Waals surface area (Å²) in [4.78, 5) is 37.4. The first kappa shape index (κ1) is 18.6. The molecule has 1 aliphatic carbocycles. The maximum absolute atomic E-state index is 12.8. The largest absolute Gasteiger partial charge is 0.353 e. The molecule has 1 aliphatic heterocycles. The molecule has 1 saturated heterocycles. The van der Waals surface area contributed by atoms with Crippen LogP contribution in [0.5, 0.6) is 0 Å². The minimum absolute atomic E-state index is 0.0500. The fraction of sp³-hybridized carbons (Fsp3) is 0.429. The highest BCUT2D eigenvalue weighted by molar-refractivity contribution is 5.88. The van der Waals surface area contributed by atoms with Crippen LogP contribution in [0.3, 0.4) is 0 Å². The van der Waals surface area contributed by atoms with Crippen LogP contribution in [0.4, 0.5) is 0 Å². The normalized spacial score (nSPS) is 19.9. The van der Waals surface area contributed by atoms with E-state index in [1.165, 1.54) is 17.5 Å². The van der Waals surface area contributed by atoms with Crippen molar-refractivity contribution in [2.24, 2.45) is 0 Å². The Balaban J connectivity index is 1.43.